The molecule has 4 aromatic rings. The molecule has 0 bridgehead atoms. The summed E-state index contributed by atoms with van der Waals surface area (Å²) < 4.78 is 51.2. The van der Waals surface area contributed by atoms with Crippen LogP contribution in [0.4, 0.5) is 8.78 Å². The molecule has 4 rings (SSSR count). The first kappa shape index (κ1) is 22.1. The molecule has 1 heterocycles. The third-order valence-corrected chi connectivity index (χ3v) is 4.72. The Labute approximate surface area is 188 Å². The van der Waals surface area contributed by atoms with Gasteiger partial charge in [-0.2, -0.15) is 8.78 Å². The van der Waals surface area contributed by atoms with E-state index in [1.54, 1.807) is 7.11 Å². The number of benzene rings is 3. The fourth-order valence-electron chi connectivity index (χ4n) is 3.03. The Bertz CT molecular complexity index is 1190. The smallest absolute Gasteiger partial charge is 0.387 e. The summed E-state index contributed by atoms with van der Waals surface area (Å²) in [6.45, 7) is -2.56. The second kappa shape index (κ2) is 9.99. The van der Waals surface area contributed by atoms with Gasteiger partial charge < -0.3 is 23.4 Å². The van der Waals surface area contributed by atoms with Crippen molar-refractivity contribution in [2.24, 2.45) is 0 Å². The van der Waals surface area contributed by atoms with Crippen molar-refractivity contribution >= 4 is 0 Å². The first-order valence-corrected chi connectivity index (χ1v) is 9.88. The quantitative estimate of drug-likeness (QED) is 0.326. The van der Waals surface area contributed by atoms with Crippen molar-refractivity contribution in [2.45, 2.75) is 13.2 Å². The van der Waals surface area contributed by atoms with Crippen LogP contribution in [0.25, 0.3) is 22.9 Å². The summed E-state index contributed by atoms with van der Waals surface area (Å²) in [4.78, 5) is 0. The second-order valence-electron chi connectivity index (χ2n) is 6.82. The molecule has 9 heteroatoms. The molecule has 1 aromatic heterocycles. The van der Waals surface area contributed by atoms with Crippen molar-refractivity contribution in [3.8, 4) is 45.9 Å². The standard InChI is InChI=1S/C24H20F2N2O5/c1-29-18-8-10-19(11-9-18)31-14-15-3-5-16(6-4-15)22-27-28-23(33-22)17-7-12-20(32-24(25)26)21(13-17)30-2/h3-13,24H,14H2,1-2H3. The van der Waals surface area contributed by atoms with Gasteiger partial charge in [-0.25, -0.2) is 0 Å². The van der Waals surface area contributed by atoms with E-state index in [-0.39, 0.29) is 17.4 Å². The number of nitrogens with zero attached hydrogens (tertiary/aromatic N) is 2. The van der Waals surface area contributed by atoms with Crippen LogP contribution in [0.2, 0.25) is 0 Å². The lowest BCUT2D eigenvalue weighted by Gasteiger charge is -2.10. The molecule has 170 valence electrons. The van der Waals surface area contributed by atoms with Crippen molar-refractivity contribution < 1.29 is 32.1 Å². The molecule has 0 fully saturated rings. The maximum atomic E-state index is 12.5. The van der Waals surface area contributed by atoms with E-state index in [1.165, 1.54) is 25.3 Å². The van der Waals surface area contributed by atoms with Crippen LogP contribution in [0.15, 0.2) is 71.1 Å². The molecule has 0 saturated heterocycles. The Morgan fingerprint density at radius 1 is 0.758 bits per heavy atom. The van der Waals surface area contributed by atoms with E-state index < -0.39 is 6.61 Å². The minimum absolute atomic E-state index is 0.0802. The van der Waals surface area contributed by atoms with Gasteiger partial charge in [0, 0.05) is 11.1 Å². The highest BCUT2D eigenvalue weighted by Gasteiger charge is 2.15. The zero-order valence-corrected chi connectivity index (χ0v) is 17.8. The van der Waals surface area contributed by atoms with E-state index in [2.05, 4.69) is 14.9 Å². The minimum Gasteiger partial charge on any atom is -0.497 e. The van der Waals surface area contributed by atoms with Crippen molar-refractivity contribution in [3.63, 3.8) is 0 Å². The van der Waals surface area contributed by atoms with Crippen LogP contribution >= 0.6 is 0 Å². The number of hydrogen-bond donors (Lipinski definition) is 0. The van der Waals surface area contributed by atoms with Crippen LogP contribution in [-0.4, -0.2) is 31.0 Å². The summed E-state index contributed by atoms with van der Waals surface area (Å²) in [6.07, 6.45) is 0. The van der Waals surface area contributed by atoms with Crippen LogP contribution in [0.3, 0.4) is 0 Å². The average molecular weight is 454 g/mol. The topological polar surface area (TPSA) is 75.8 Å². The predicted molar refractivity (Wildman–Crippen MR) is 116 cm³/mol. The summed E-state index contributed by atoms with van der Waals surface area (Å²) in [6, 6.07) is 19.3. The van der Waals surface area contributed by atoms with Gasteiger partial charge in [0.15, 0.2) is 11.5 Å². The van der Waals surface area contributed by atoms with Gasteiger partial charge in [-0.1, -0.05) is 12.1 Å². The van der Waals surface area contributed by atoms with E-state index in [1.807, 2.05) is 48.5 Å². The molecular weight excluding hydrogens is 434 g/mol. The molecule has 0 amide bonds. The molecule has 0 spiro atoms. The normalized spacial score (nSPS) is 10.8. The van der Waals surface area contributed by atoms with Gasteiger partial charge >= 0.3 is 6.61 Å². The summed E-state index contributed by atoms with van der Waals surface area (Å²) in [5, 5.41) is 8.12. The lowest BCUT2D eigenvalue weighted by molar-refractivity contribution is -0.0512. The van der Waals surface area contributed by atoms with Crippen LogP contribution in [-0.2, 0) is 6.61 Å². The molecule has 0 aliphatic rings. The van der Waals surface area contributed by atoms with Gasteiger partial charge in [-0.15, -0.1) is 10.2 Å². The van der Waals surface area contributed by atoms with E-state index in [9.17, 15) is 8.78 Å². The van der Waals surface area contributed by atoms with Gasteiger partial charge in [-0.3, -0.25) is 0 Å². The number of aromatic nitrogens is 2. The molecule has 0 aliphatic heterocycles. The Morgan fingerprint density at radius 2 is 1.39 bits per heavy atom. The molecule has 0 unspecified atom stereocenters. The Kier molecular flexibility index (Phi) is 6.68. The van der Waals surface area contributed by atoms with Gasteiger partial charge in [0.25, 0.3) is 0 Å². The SMILES string of the molecule is COc1ccc(OCc2ccc(-c3nnc(-c4ccc(OC(F)F)c(OC)c4)o3)cc2)cc1. The fourth-order valence-corrected chi connectivity index (χ4v) is 3.03. The molecule has 33 heavy (non-hydrogen) atoms. The van der Waals surface area contributed by atoms with Crippen molar-refractivity contribution in [1.29, 1.82) is 0 Å². The molecule has 3 aromatic carbocycles. The van der Waals surface area contributed by atoms with Crippen molar-refractivity contribution in [3.05, 3.63) is 72.3 Å². The van der Waals surface area contributed by atoms with Gasteiger partial charge in [0.2, 0.25) is 11.8 Å². The monoisotopic (exact) mass is 454 g/mol. The number of hydrogen-bond acceptors (Lipinski definition) is 7. The largest absolute Gasteiger partial charge is 0.497 e. The first-order chi connectivity index (χ1) is 16.1. The van der Waals surface area contributed by atoms with E-state index in [4.69, 9.17) is 18.6 Å². The Morgan fingerprint density at radius 3 is 2.03 bits per heavy atom. The van der Waals surface area contributed by atoms with Crippen LogP contribution in [0.5, 0.6) is 23.0 Å². The van der Waals surface area contributed by atoms with Gasteiger partial charge in [-0.05, 0) is 60.2 Å². The Balaban J connectivity index is 1.44. The fraction of sp³-hybridized carbons (Fsp3) is 0.167. The highest BCUT2D eigenvalue weighted by atomic mass is 19.3. The number of methoxy groups -OCH3 is 2. The van der Waals surface area contributed by atoms with E-state index in [0.29, 0.717) is 18.1 Å². The van der Waals surface area contributed by atoms with Crippen molar-refractivity contribution in [2.75, 3.05) is 14.2 Å². The Hall–Kier alpha value is -4.14. The molecule has 0 atom stereocenters. The number of rotatable bonds is 9. The zero-order valence-electron chi connectivity index (χ0n) is 17.8. The zero-order chi connectivity index (χ0) is 23.2. The molecule has 0 saturated carbocycles. The van der Waals surface area contributed by atoms with Crippen molar-refractivity contribution in [1.82, 2.24) is 10.2 Å². The van der Waals surface area contributed by atoms with Crippen LogP contribution in [0.1, 0.15) is 5.56 Å². The highest BCUT2D eigenvalue weighted by molar-refractivity contribution is 5.62. The van der Waals surface area contributed by atoms with Gasteiger partial charge in [0.1, 0.15) is 18.1 Å². The first-order valence-electron chi connectivity index (χ1n) is 9.88. The summed E-state index contributed by atoms with van der Waals surface area (Å²) in [5.74, 6) is 2.10. The van der Waals surface area contributed by atoms with E-state index in [0.717, 1.165) is 22.6 Å². The molecule has 0 aliphatic carbocycles. The molecule has 7 nitrogen and oxygen atoms in total. The predicted octanol–water partition coefficient (Wildman–Crippen LogP) is 5.60. The lowest BCUT2D eigenvalue weighted by atomic mass is 10.1. The number of halogens is 2. The summed E-state index contributed by atoms with van der Waals surface area (Å²) in [7, 11) is 2.97. The summed E-state index contributed by atoms with van der Waals surface area (Å²) in [5.41, 5.74) is 2.21. The third kappa shape index (κ3) is 5.38. The van der Waals surface area contributed by atoms with Crippen LogP contribution in [0, 0.1) is 0 Å². The maximum Gasteiger partial charge on any atom is 0.387 e. The van der Waals surface area contributed by atoms with E-state index >= 15 is 0 Å². The number of alkyl halides is 2. The van der Waals surface area contributed by atoms with Crippen LogP contribution < -0.4 is 18.9 Å². The lowest BCUT2D eigenvalue weighted by Crippen LogP contribution is -2.03. The third-order valence-electron chi connectivity index (χ3n) is 4.72. The maximum absolute atomic E-state index is 12.5. The average Bonchev–Trinajstić information content (AvgIpc) is 3.33. The molecule has 0 radical (unpaired) electrons. The second-order valence-corrected chi connectivity index (χ2v) is 6.82. The molecule has 0 N–H and O–H groups in total. The number of ether oxygens (including phenoxy) is 4. The highest BCUT2D eigenvalue weighted by Crippen LogP contribution is 2.34. The van der Waals surface area contributed by atoms with Gasteiger partial charge in [0.05, 0.1) is 14.2 Å². The minimum atomic E-state index is -2.95. The summed E-state index contributed by atoms with van der Waals surface area (Å²) >= 11 is 0. The molecular formula is C24H20F2N2O5.